The van der Waals surface area contributed by atoms with E-state index < -0.39 is 5.82 Å². The van der Waals surface area contributed by atoms with E-state index in [-0.39, 0.29) is 11.5 Å². The molecule has 0 radical (unpaired) electrons. The van der Waals surface area contributed by atoms with Crippen LogP contribution in [0.3, 0.4) is 0 Å². The summed E-state index contributed by atoms with van der Waals surface area (Å²) in [6.45, 7) is 5.90. The molecule has 1 heterocycles. The Morgan fingerprint density at radius 1 is 1.53 bits per heavy atom. The highest BCUT2D eigenvalue weighted by molar-refractivity contribution is 5.98. The van der Waals surface area contributed by atoms with Crippen molar-refractivity contribution in [3.05, 3.63) is 23.6 Å². The number of hydrogen-bond donors (Lipinski definition) is 1. The number of hydrogen-bond acceptors (Lipinski definition) is 4. The molecule has 0 aliphatic carbocycles. The monoisotopic (exact) mass is 269 g/mol. The standard InChI is InChI=1S/C13H20FN3O2/c1-4-15-12-11(8-10(14)9-16-12)13(18)17(3)6-7-19-5-2/h8-9H,4-7H2,1-3H3,(H,15,16). The van der Waals surface area contributed by atoms with Gasteiger partial charge in [0.1, 0.15) is 11.6 Å². The van der Waals surface area contributed by atoms with Gasteiger partial charge in [-0.3, -0.25) is 4.79 Å². The molecule has 1 N–H and O–H groups in total. The Morgan fingerprint density at radius 2 is 2.26 bits per heavy atom. The molecule has 0 unspecified atom stereocenters. The molecule has 0 saturated heterocycles. The van der Waals surface area contributed by atoms with Gasteiger partial charge in [0.05, 0.1) is 18.4 Å². The first-order valence-electron chi connectivity index (χ1n) is 6.32. The minimum atomic E-state index is -0.525. The lowest BCUT2D eigenvalue weighted by Gasteiger charge is -2.18. The first kappa shape index (κ1) is 15.4. The third kappa shape index (κ3) is 4.48. The Labute approximate surface area is 112 Å². The van der Waals surface area contributed by atoms with Crippen LogP contribution in [0, 0.1) is 5.82 Å². The fourth-order valence-electron chi connectivity index (χ4n) is 1.56. The normalized spacial score (nSPS) is 10.3. The molecule has 0 aromatic carbocycles. The van der Waals surface area contributed by atoms with Gasteiger partial charge in [0.2, 0.25) is 0 Å². The van der Waals surface area contributed by atoms with Gasteiger partial charge in [-0.2, -0.15) is 0 Å². The highest BCUT2D eigenvalue weighted by Gasteiger charge is 2.17. The molecular weight excluding hydrogens is 249 g/mol. The Morgan fingerprint density at radius 3 is 2.89 bits per heavy atom. The number of amides is 1. The van der Waals surface area contributed by atoms with Gasteiger partial charge < -0.3 is 15.0 Å². The molecule has 6 heteroatoms. The minimum absolute atomic E-state index is 0.237. The molecule has 0 fully saturated rings. The lowest BCUT2D eigenvalue weighted by Crippen LogP contribution is -2.31. The average Bonchev–Trinajstić information content (AvgIpc) is 2.40. The van der Waals surface area contributed by atoms with E-state index in [1.165, 1.54) is 11.0 Å². The van der Waals surface area contributed by atoms with Crippen LogP contribution in [-0.4, -0.2) is 49.1 Å². The molecule has 1 amide bonds. The summed E-state index contributed by atoms with van der Waals surface area (Å²) in [5.74, 6) is -0.400. The summed E-state index contributed by atoms with van der Waals surface area (Å²) < 4.78 is 18.4. The van der Waals surface area contributed by atoms with Crippen molar-refractivity contribution in [3.63, 3.8) is 0 Å². The van der Waals surface area contributed by atoms with Crippen LogP contribution in [0.4, 0.5) is 10.2 Å². The Hall–Kier alpha value is -1.69. The van der Waals surface area contributed by atoms with Crippen LogP contribution in [0.25, 0.3) is 0 Å². The molecule has 0 saturated carbocycles. The van der Waals surface area contributed by atoms with Crippen LogP contribution < -0.4 is 5.32 Å². The number of ether oxygens (including phenoxy) is 1. The van der Waals surface area contributed by atoms with E-state index in [0.29, 0.717) is 32.1 Å². The first-order chi connectivity index (χ1) is 9.10. The van der Waals surface area contributed by atoms with E-state index >= 15 is 0 Å². The largest absolute Gasteiger partial charge is 0.380 e. The maximum absolute atomic E-state index is 13.2. The number of carbonyl (C=O) groups is 1. The number of carbonyl (C=O) groups excluding carboxylic acids is 1. The van der Waals surface area contributed by atoms with Crippen molar-refractivity contribution in [2.75, 3.05) is 38.7 Å². The summed E-state index contributed by atoms with van der Waals surface area (Å²) in [4.78, 5) is 17.6. The van der Waals surface area contributed by atoms with Crippen molar-refractivity contribution in [2.45, 2.75) is 13.8 Å². The van der Waals surface area contributed by atoms with Crippen molar-refractivity contribution in [3.8, 4) is 0 Å². The van der Waals surface area contributed by atoms with Crippen LogP contribution in [0.5, 0.6) is 0 Å². The molecule has 1 aromatic heterocycles. The second kappa shape index (κ2) is 7.68. The van der Waals surface area contributed by atoms with Crippen molar-refractivity contribution >= 4 is 11.7 Å². The number of nitrogens with one attached hydrogen (secondary N) is 1. The molecule has 0 aliphatic heterocycles. The van der Waals surface area contributed by atoms with Gasteiger partial charge in [-0.05, 0) is 19.9 Å². The highest BCUT2D eigenvalue weighted by Crippen LogP contribution is 2.15. The molecule has 0 bridgehead atoms. The number of nitrogens with zero attached hydrogens (tertiary/aromatic N) is 2. The smallest absolute Gasteiger partial charge is 0.257 e. The van der Waals surface area contributed by atoms with E-state index in [1.807, 2.05) is 13.8 Å². The number of aromatic nitrogens is 1. The number of halogens is 1. The van der Waals surface area contributed by atoms with E-state index in [9.17, 15) is 9.18 Å². The second-order valence-corrected chi connectivity index (χ2v) is 4.00. The lowest BCUT2D eigenvalue weighted by atomic mass is 10.2. The second-order valence-electron chi connectivity index (χ2n) is 4.00. The summed E-state index contributed by atoms with van der Waals surface area (Å²) in [5, 5.41) is 2.95. The zero-order valence-electron chi connectivity index (χ0n) is 11.6. The van der Waals surface area contributed by atoms with Crippen molar-refractivity contribution in [1.82, 2.24) is 9.88 Å². The fraction of sp³-hybridized carbons (Fsp3) is 0.538. The van der Waals surface area contributed by atoms with E-state index in [2.05, 4.69) is 10.3 Å². The van der Waals surface area contributed by atoms with Crippen molar-refractivity contribution < 1.29 is 13.9 Å². The van der Waals surface area contributed by atoms with E-state index in [1.54, 1.807) is 7.05 Å². The molecule has 0 aliphatic rings. The van der Waals surface area contributed by atoms with Crippen molar-refractivity contribution in [1.29, 1.82) is 0 Å². The minimum Gasteiger partial charge on any atom is -0.380 e. The Kier molecular flexibility index (Phi) is 6.21. The first-order valence-corrected chi connectivity index (χ1v) is 6.32. The Balaban J connectivity index is 2.81. The number of pyridine rings is 1. The summed E-state index contributed by atoms with van der Waals surface area (Å²) >= 11 is 0. The maximum atomic E-state index is 13.2. The molecule has 0 atom stereocenters. The van der Waals surface area contributed by atoms with Crippen LogP contribution in [-0.2, 0) is 4.74 Å². The molecule has 0 spiro atoms. The fourth-order valence-corrected chi connectivity index (χ4v) is 1.56. The maximum Gasteiger partial charge on any atom is 0.257 e. The summed E-state index contributed by atoms with van der Waals surface area (Å²) in [5.41, 5.74) is 0.237. The molecule has 106 valence electrons. The SMILES string of the molecule is CCNc1ncc(F)cc1C(=O)N(C)CCOCC. The van der Waals surface area contributed by atoms with Crippen LogP contribution in [0.15, 0.2) is 12.3 Å². The van der Waals surface area contributed by atoms with Crippen LogP contribution in [0.1, 0.15) is 24.2 Å². The topological polar surface area (TPSA) is 54.5 Å². The number of likely N-dealkylation sites (N-methyl/N-ethyl adjacent to an activating group) is 1. The third-order valence-electron chi connectivity index (χ3n) is 2.55. The molecule has 1 aromatic rings. The number of rotatable bonds is 7. The predicted molar refractivity (Wildman–Crippen MR) is 71.8 cm³/mol. The summed E-state index contributed by atoms with van der Waals surface area (Å²) in [7, 11) is 1.65. The summed E-state index contributed by atoms with van der Waals surface area (Å²) in [6, 6.07) is 1.20. The van der Waals surface area contributed by atoms with E-state index in [4.69, 9.17) is 4.74 Å². The van der Waals surface area contributed by atoms with Gasteiger partial charge >= 0.3 is 0 Å². The molecule has 1 rings (SSSR count). The number of anilines is 1. The van der Waals surface area contributed by atoms with Gasteiger partial charge in [-0.1, -0.05) is 0 Å². The van der Waals surface area contributed by atoms with Gasteiger partial charge in [0, 0.05) is 26.7 Å². The van der Waals surface area contributed by atoms with Crippen molar-refractivity contribution in [2.24, 2.45) is 0 Å². The molecule has 19 heavy (non-hydrogen) atoms. The zero-order chi connectivity index (χ0) is 14.3. The third-order valence-corrected chi connectivity index (χ3v) is 2.55. The molecular formula is C13H20FN3O2. The highest BCUT2D eigenvalue weighted by atomic mass is 19.1. The van der Waals surface area contributed by atoms with Crippen LogP contribution >= 0.6 is 0 Å². The Bertz CT molecular complexity index is 426. The zero-order valence-corrected chi connectivity index (χ0v) is 11.6. The molecule has 5 nitrogen and oxygen atoms in total. The average molecular weight is 269 g/mol. The quantitative estimate of drug-likeness (QED) is 0.766. The lowest BCUT2D eigenvalue weighted by molar-refractivity contribution is 0.0710. The van der Waals surface area contributed by atoms with Crippen LogP contribution in [0.2, 0.25) is 0 Å². The van der Waals surface area contributed by atoms with Gasteiger partial charge in [0.15, 0.2) is 0 Å². The van der Waals surface area contributed by atoms with Gasteiger partial charge in [0.25, 0.3) is 5.91 Å². The summed E-state index contributed by atoms with van der Waals surface area (Å²) in [6.07, 6.45) is 1.09. The van der Waals surface area contributed by atoms with Gasteiger partial charge in [-0.25, -0.2) is 9.37 Å². The van der Waals surface area contributed by atoms with Gasteiger partial charge in [-0.15, -0.1) is 0 Å². The predicted octanol–water partition coefficient (Wildman–Crippen LogP) is 1.76. The van der Waals surface area contributed by atoms with E-state index in [0.717, 1.165) is 6.20 Å².